The summed E-state index contributed by atoms with van der Waals surface area (Å²) in [7, 11) is 1.69. The van der Waals surface area contributed by atoms with Gasteiger partial charge in [-0.05, 0) is 17.0 Å². The van der Waals surface area contributed by atoms with Crippen LogP contribution in [0.5, 0.6) is 5.75 Å². The van der Waals surface area contributed by atoms with Gasteiger partial charge in [-0.1, -0.05) is 32.9 Å². The lowest BCUT2D eigenvalue weighted by molar-refractivity contribution is 0.407. The smallest absolute Gasteiger partial charge is 0.123 e. The van der Waals surface area contributed by atoms with E-state index in [4.69, 9.17) is 10.5 Å². The molecule has 3 N–H and O–H groups in total. The third kappa shape index (κ3) is 3.22. The molecule has 0 aromatic heterocycles. The lowest BCUT2D eigenvalue weighted by Gasteiger charge is -2.21. The molecule has 3 heteroatoms. The van der Waals surface area contributed by atoms with E-state index in [-0.39, 0.29) is 5.41 Å². The predicted octanol–water partition coefficient (Wildman–Crippen LogP) is 2.00. The van der Waals surface area contributed by atoms with Crippen molar-refractivity contribution in [3.8, 4) is 5.75 Å². The molecule has 0 aliphatic heterocycles. The molecule has 0 spiro atoms. The highest BCUT2D eigenvalue weighted by Gasteiger charge is 2.15. The minimum atomic E-state index is 0.156. The molecule has 90 valence electrons. The maximum absolute atomic E-state index is 5.44. The SMILES string of the molecule is COc1ccc(C(C)(C)C)cc1CNCN. The van der Waals surface area contributed by atoms with Crippen molar-refractivity contribution in [2.24, 2.45) is 5.73 Å². The van der Waals surface area contributed by atoms with Gasteiger partial charge >= 0.3 is 0 Å². The predicted molar refractivity (Wildman–Crippen MR) is 67.6 cm³/mol. The standard InChI is InChI=1S/C13H22N2O/c1-13(2,3)11-5-6-12(16-4)10(7-11)8-15-9-14/h5-7,15H,8-9,14H2,1-4H3. The van der Waals surface area contributed by atoms with Crippen molar-refractivity contribution in [3.63, 3.8) is 0 Å². The van der Waals surface area contributed by atoms with Gasteiger partial charge in [-0.25, -0.2) is 0 Å². The van der Waals surface area contributed by atoms with Gasteiger partial charge in [-0.3, -0.25) is 0 Å². The second-order valence-corrected chi connectivity index (χ2v) is 4.91. The minimum Gasteiger partial charge on any atom is -0.496 e. The normalized spacial score (nSPS) is 11.6. The number of nitrogens with one attached hydrogen (secondary N) is 1. The van der Waals surface area contributed by atoms with Crippen LogP contribution in [0.2, 0.25) is 0 Å². The van der Waals surface area contributed by atoms with Crippen molar-refractivity contribution in [2.75, 3.05) is 13.8 Å². The first kappa shape index (κ1) is 13.0. The van der Waals surface area contributed by atoms with Crippen LogP contribution in [-0.2, 0) is 12.0 Å². The van der Waals surface area contributed by atoms with Gasteiger partial charge in [0.05, 0.1) is 7.11 Å². The molecule has 1 aromatic carbocycles. The summed E-state index contributed by atoms with van der Waals surface area (Å²) in [4.78, 5) is 0. The third-order valence-corrected chi connectivity index (χ3v) is 2.61. The fraction of sp³-hybridized carbons (Fsp3) is 0.538. The Kier molecular flexibility index (Phi) is 4.33. The fourth-order valence-corrected chi connectivity index (χ4v) is 1.59. The van der Waals surface area contributed by atoms with Crippen LogP contribution < -0.4 is 15.8 Å². The van der Waals surface area contributed by atoms with Gasteiger partial charge in [0.25, 0.3) is 0 Å². The summed E-state index contributed by atoms with van der Waals surface area (Å²) in [5.41, 5.74) is 8.06. The van der Waals surface area contributed by atoms with Crippen molar-refractivity contribution in [1.29, 1.82) is 0 Å². The zero-order valence-electron chi connectivity index (χ0n) is 10.6. The van der Waals surface area contributed by atoms with Crippen molar-refractivity contribution in [3.05, 3.63) is 29.3 Å². The second-order valence-electron chi connectivity index (χ2n) is 4.91. The second kappa shape index (κ2) is 5.32. The summed E-state index contributed by atoms with van der Waals surface area (Å²) in [6.45, 7) is 7.82. The molecule has 1 aromatic rings. The van der Waals surface area contributed by atoms with Gasteiger partial charge in [0, 0.05) is 18.8 Å². The quantitative estimate of drug-likeness (QED) is 0.766. The number of nitrogens with two attached hydrogens (primary N) is 1. The highest BCUT2D eigenvalue weighted by molar-refractivity contribution is 5.39. The Morgan fingerprint density at radius 2 is 2.00 bits per heavy atom. The molecule has 0 aliphatic rings. The van der Waals surface area contributed by atoms with Crippen LogP contribution in [0.3, 0.4) is 0 Å². The molecule has 3 nitrogen and oxygen atoms in total. The van der Waals surface area contributed by atoms with E-state index < -0.39 is 0 Å². The Hall–Kier alpha value is -1.06. The Bertz CT molecular complexity index is 342. The van der Waals surface area contributed by atoms with E-state index in [1.54, 1.807) is 7.11 Å². The average Bonchev–Trinajstić information content (AvgIpc) is 2.24. The molecule has 0 saturated carbocycles. The Morgan fingerprint density at radius 1 is 1.31 bits per heavy atom. The zero-order valence-corrected chi connectivity index (χ0v) is 10.6. The van der Waals surface area contributed by atoms with E-state index in [0.717, 1.165) is 17.9 Å². The highest BCUT2D eigenvalue weighted by Crippen LogP contribution is 2.27. The Labute approximate surface area is 98.0 Å². The van der Waals surface area contributed by atoms with Crippen molar-refractivity contribution in [1.82, 2.24) is 5.32 Å². The first-order valence-corrected chi connectivity index (χ1v) is 5.57. The van der Waals surface area contributed by atoms with Crippen LogP contribution in [0.25, 0.3) is 0 Å². The largest absolute Gasteiger partial charge is 0.496 e. The molecule has 0 radical (unpaired) electrons. The Morgan fingerprint density at radius 3 is 2.50 bits per heavy atom. The summed E-state index contributed by atoms with van der Waals surface area (Å²) < 4.78 is 5.33. The van der Waals surface area contributed by atoms with Gasteiger partial charge in [0.15, 0.2) is 0 Å². The lowest BCUT2D eigenvalue weighted by atomic mass is 9.86. The zero-order chi connectivity index (χ0) is 12.2. The number of rotatable bonds is 4. The van der Waals surface area contributed by atoms with Gasteiger partial charge in [0.2, 0.25) is 0 Å². The Balaban J connectivity index is 3.01. The van der Waals surface area contributed by atoms with Crippen LogP contribution >= 0.6 is 0 Å². The van der Waals surface area contributed by atoms with E-state index in [1.165, 1.54) is 5.56 Å². The molecule has 0 atom stereocenters. The van der Waals surface area contributed by atoms with Gasteiger partial charge in [-0.15, -0.1) is 0 Å². The first-order valence-electron chi connectivity index (χ1n) is 5.57. The van der Waals surface area contributed by atoms with Crippen LogP contribution in [0, 0.1) is 0 Å². The van der Waals surface area contributed by atoms with Crippen LogP contribution in [0.4, 0.5) is 0 Å². The van der Waals surface area contributed by atoms with Crippen LogP contribution in [-0.4, -0.2) is 13.8 Å². The van der Waals surface area contributed by atoms with E-state index >= 15 is 0 Å². The van der Waals surface area contributed by atoms with Crippen LogP contribution in [0.15, 0.2) is 18.2 Å². The van der Waals surface area contributed by atoms with Gasteiger partial charge < -0.3 is 15.8 Å². The summed E-state index contributed by atoms with van der Waals surface area (Å²) >= 11 is 0. The minimum absolute atomic E-state index is 0.156. The lowest BCUT2D eigenvalue weighted by Crippen LogP contribution is -2.22. The number of hydrogen-bond donors (Lipinski definition) is 2. The summed E-state index contributed by atoms with van der Waals surface area (Å²) in [6.07, 6.45) is 0. The maximum atomic E-state index is 5.44. The average molecular weight is 222 g/mol. The third-order valence-electron chi connectivity index (χ3n) is 2.61. The van der Waals surface area contributed by atoms with Crippen molar-refractivity contribution in [2.45, 2.75) is 32.7 Å². The van der Waals surface area contributed by atoms with Crippen molar-refractivity contribution < 1.29 is 4.74 Å². The van der Waals surface area contributed by atoms with Crippen LogP contribution in [0.1, 0.15) is 31.9 Å². The number of ether oxygens (including phenoxy) is 1. The summed E-state index contributed by atoms with van der Waals surface area (Å²) in [6, 6.07) is 6.32. The van der Waals surface area contributed by atoms with Gasteiger partial charge in [0.1, 0.15) is 5.75 Å². The highest BCUT2D eigenvalue weighted by atomic mass is 16.5. The molecule has 0 amide bonds. The molecule has 0 unspecified atom stereocenters. The maximum Gasteiger partial charge on any atom is 0.123 e. The molecule has 0 saturated heterocycles. The molecule has 0 aliphatic carbocycles. The molecular formula is C13H22N2O. The fourth-order valence-electron chi connectivity index (χ4n) is 1.59. The molecular weight excluding hydrogens is 200 g/mol. The molecule has 1 rings (SSSR count). The molecule has 0 bridgehead atoms. The monoisotopic (exact) mass is 222 g/mol. The molecule has 0 heterocycles. The van der Waals surface area contributed by atoms with E-state index in [1.807, 2.05) is 6.07 Å². The molecule has 0 fully saturated rings. The summed E-state index contributed by atoms with van der Waals surface area (Å²) in [5, 5.41) is 3.12. The number of benzene rings is 1. The summed E-state index contributed by atoms with van der Waals surface area (Å²) in [5.74, 6) is 0.911. The molecule has 16 heavy (non-hydrogen) atoms. The van der Waals surface area contributed by atoms with E-state index in [9.17, 15) is 0 Å². The first-order chi connectivity index (χ1) is 7.49. The van der Waals surface area contributed by atoms with E-state index in [0.29, 0.717) is 6.67 Å². The topological polar surface area (TPSA) is 47.3 Å². The van der Waals surface area contributed by atoms with E-state index in [2.05, 4.69) is 38.2 Å². The van der Waals surface area contributed by atoms with Crippen molar-refractivity contribution >= 4 is 0 Å². The number of hydrogen-bond acceptors (Lipinski definition) is 3. The number of methoxy groups -OCH3 is 1. The van der Waals surface area contributed by atoms with Gasteiger partial charge in [-0.2, -0.15) is 0 Å².